The molecule has 7 heteroatoms. The first kappa shape index (κ1) is 15.7. The van der Waals surface area contributed by atoms with Crippen molar-refractivity contribution >= 4 is 11.9 Å². The molecule has 1 aromatic heterocycles. The van der Waals surface area contributed by atoms with Crippen molar-refractivity contribution in [2.45, 2.75) is 31.9 Å². The van der Waals surface area contributed by atoms with Gasteiger partial charge in [-0.3, -0.25) is 4.79 Å². The minimum atomic E-state index is -0.242. The van der Waals surface area contributed by atoms with Gasteiger partial charge < -0.3 is 20.7 Å². The maximum atomic E-state index is 12.4. The maximum Gasteiger partial charge on any atom is 0.270 e. The predicted octanol–water partition coefficient (Wildman–Crippen LogP) is 0.241. The molecule has 0 spiro atoms. The van der Waals surface area contributed by atoms with Crippen molar-refractivity contribution in [3.05, 3.63) is 17.5 Å². The number of ether oxygens (including phenoxy) is 1. The quantitative estimate of drug-likeness (QED) is 0.826. The third kappa shape index (κ3) is 3.68. The number of amides is 1. The fourth-order valence-electron chi connectivity index (χ4n) is 2.48. The molecular weight excluding hydrogens is 270 g/mol. The molecule has 1 saturated heterocycles. The monoisotopic (exact) mass is 293 g/mol. The van der Waals surface area contributed by atoms with E-state index in [1.807, 2.05) is 20.9 Å². The molecular formula is C14H23N5O2. The van der Waals surface area contributed by atoms with E-state index in [1.165, 1.54) is 0 Å². The van der Waals surface area contributed by atoms with Gasteiger partial charge in [0, 0.05) is 25.9 Å². The van der Waals surface area contributed by atoms with Crippen LogP contribution in [0.25, 0.3) is 0 Å². The molecule has 0 saturated carbocycles. The first-order chi connectivity index (χ1) is 9.90. The minimum absolute atomic E-state index is 0.0114. The number of likely N-dealkylation sites (tertiary alicyclic amines) is 1. The highest BCUT2D eigenvalue weighted by atomic mass is 16.5. The second-order valence-electron chi connectivity index (χ2n) is 5.77. The van der Waals surface area contributed by atoms with E-state index < -0.39 is 0 Å². The van der Waals surface area contributed by atoms with Crippen LogP contribution in [0.2, 0.25) is 0 Å². The zero-order valence-electron chi connectivity index (χ0n) is 13.0. The van der Waals surface area contributed by atoms with E-state index >= 15 is 0 Å². The molecule has 1 aliphatic rings. The number of aromatic nitrogens is 2. The normalized spacial score (nSPS) is 22.7. The molecule has 7 nitrogen and oxygen atoms in total. The van der Waals surface area contributed by atoms with Gasteiger partial charge in [0.15, 0.2) is 0 Å². The van der Waals surface area contributed by atoms with Crippen LogP contribution in [0, 0.1) is 0 Å². The van der Waals surface area contributed by atoms with Gasteiger partial charge in [-0.1, -0.05) is 13.8 Å². The van der Waals surface area contributed by atoms with Gasteiger partial charge in [-0.25, -0.2) is 9.97 Å². The third-order valence-electron chi connectivity index (χ3n) is 3.66. The molecule has 1 amide bonds. The number of rotatable bonds is 4. The summed E-state index contributed by atoms with van der Waals surface area (Å²) in [7, 11) is 3.65. The molecule has 0 bridgehead atoms. The Balaban J connectivity index is 2.13. The summed E-state index contributed by atoms with van der Waals surface area (Å²) in [6.45, 7) is 5.54. The SMILES string of the molecule is CO[C@H]1CN(C)C[C@@H]1NC(=O)c1cc(C(C)C)nc(N)n1. The summed E-state index contributed by atoms with van der Waals surface area (Å²) in [5.41, 5.74) is 6.75. The van der Waals surface area contributed by atoms with E-state index in [2.05, 4.69) is 20.2 Å². The van der Waals surface area contributed by atoms with Crippen LogP contribution in [-0.4, -0.2) is 60.2 Å². The first-order valence-corrected chi connectivity index (χ1v) is 7.07. The molecule has 2 atom stereocenters. The fourth-order valence-corrected chi connectivity index (χ4v) is 2.48. The second kappa shape index (κ2) is 6.36. The summed E-state index contributed by atoms with van der Waals surface area (Å²) in [5.74, 6) is 0.0673. The summed E-state index contributed by atoms with van der Waals surface area (Å²) < 4.78 is 5.40. The molecule has 1 fully saturated rings. The minimum Gasteiger partial charge on any atom is -0.378 e. The number of carbonyl (C=O) groups excluding carboxylic acids is 1. The number of nitrogens with one attached hydrogen (secondary N) is 1. The van der Waals surface area contributed by atoms with Gasteiger partial charge in [-0.05, 0) is 19.0 Å². The van der Waals surface area contributed by atoms with Crippen LogP contribution in [0.5, 0.6) is 0 Å². The van der Waals surface area contributed by atoms with E-state index in [4.69, 9.17) is 10.5 Å². The zero-order chi connectivity index (χ0) is 15.6. The van der Waals surface area contributed by atoms with Crippen LogP contribution in [0.1, 0.15) is 35.9 Å². The second-order valence-corrected chi connectivity index (χ2v) is 5.77. The third-order valence-corrected chi connectivity index (χ3v) is 3.66. The number of nitrogen functional groups attached to an aromatic ring is 1. The molecule has 3 N–H and O–H groups in total. The lowest BCUT2D eigenvalue weighted by atomic mass is 10.1. The highest BCUT2D eigenvalue weighted by molar-refractivity contribution is 5.92. The average molecular weight is 293 g/mol. The van der Waals surface area contributed by atoms with Crippen molar-refractivity contribution in [1.29, 1.82) is 0 Å². The van der Waals surface area contributed by atoms with E-state index in [0.717, 1.165) is 18.8 Å². The topological polar surface area (TPSA) is 93.4 Å². The summed E-state index contributed by atoms with van der Waals surface area (Å²) in [6, 6.07) is 1.64. The molecule has 21 heavy (non-hydrogen) atoms. The van der Waals surface area contributed by atoms with Crippen LogP contribution >= 0.6 is 0 Å². The van der Waals surface area contributed by atoms with Gasteiger partial charge in [0.1, 0.15) is 5.69 Å². The molecule has 0 aliphatic carbocycles. The number of methoxy groups -OCH3 is 1. The van der Waals surface area contributed by atoms with Crippen LogP contribution < -0.4 is 11.1 Å². The van der Waals surface area contributed by atoms with Crippen molar-refractivity contribution < 1.29 is 9.53 Å². The van der Waals surface area contributed by atoms with Gasteiger partial charge in [-0.2, -0.15) is 0 Å². The highest BCUT2D eigenvalue weighted by Crippen LogP contribution is 2.15. The molecule has 0 aromatic carbocycles. The largest absolute Gasteiger partial charge is 0.378 e. The molecule has 1 aliphatic heterocycles. The molecule has 0 unspecified atom stereocenters. The van der Waals surface area contributed by atoms with Crippen molar-refractivity contribution in [1.82, 2.24) is 20.2 Å². The Morgan fingerprint density at radius 1 is 1.48 bits per heavy atom. The van der Waals surface area contributed by atoms with Gasteiger partial charge in [0.2, 0.25) is 5.95 Å². The standard InChI is InChI=1S/C14H23N5O2/c1-8(2)9-5-10(18-14(15)17-9)13(20)16-11-6-19(3)7-12(11)21-4/h5,8,11-12H,6-7H2,1-4H3,(H,16,20)(H2,15,17,18)/t11-,12-/m0/s1. The van der Waals surface area contributed by atoms with Crippen LogP contribution in [0.4, 0.5) is 5.95 Å². The number of anilines is 1. The van der Waals surface area contributed by atoms with Crippen molar-refractivity contribution in [3.63, 3.8) is 0 Å². The lowest BCUT2D eigenvalue weighted by Gasteiger charge is -2.18. The Morgan fingerprint density at radius 2 is 2.19 bits per heavy atom. The Labute approximate surface area is 124 Å². The van der Waals surface area contributed by atoms with E-state index in [-0.39, 0.29) is 29.9 Å². The van der Waals surface area contributed by atoms with Gasteiger partial charge >= 0.3 is 0 Å². The molecule has 2 heterocycles. The van der Waals surface area contributed by atoms with E-state index in [9.17, 15) is 4.79 Å². The Hall–Kier alpha value is -1.73. The highest BCUT2D eigenvalue weighted by Gasteiger charge is 2.32. The zero-order valence-corrected chi connectivity index (χ0v) is 13.0. The van der Waals surface area contributed by atoms with Crippen molar-refractivity contribution in [3.8, 4) is 0 Å². The number of carbonyl (C=O) groups is 1. The Morgan fingerprint density at radius 3 is 2.81 bits per heavy atom. The first-order valence-electron chi connectivity index (χ1n) is 7.07. The van der Waals surface area contributed by atoms with Crippen LogP contribution in [0.3, 0.4) is 0 Å². The van der Waals surface area contributed by atoms with E-state index in [0.29, 0.717) is 5.69 Å². The summed E-state index contributed by atoms with van der Waals surface area (Å²) in [5, 5.41) is 2.97. The van der Waals surface area contributed by atoms with Gasteiger partial charge in [-0.15, -0.1) is 0 Å². The number of hydrogen-bond acceptors (Lipinski definition) is 6. The lowest BCUT2D eigenvalue weighted by molar-refractivity contribution is 0.0762. The van der Waals surface area contributed by atoms with Gasteiger partial charge in [0.05, 0.1) is 12.1 Å². The molecule has 0 radical (unpaired) electrons. The fraction of sp³-hybridized carbons (Fsp3) is 0.643. The summed E-state index contributed by atoms with van der Waals surface area (Å²) in [6.07, 6.45) is -0.0114. The number of hydrogen-bond donors (Lipinski definition) is 2. The summed E-state index contributed by atoms with van der Waals surface area (Å²) >= 11 is 0. The molecule has 2 rings (SSSR count). The molecule has 116 valence electrons. The van der Waals surface area contributed by atoms with E-state index in [1.54, 1.807) is 13.2 Å². The number of nitrogens with zero attached hydrogens (tertiary/aromatic N) is 3. The molecule has 1 aromatic rings. The predicted molar refractivity (Wildman–Crippen MR) is 80.1 cm³/mol. The lowest BCUT2D eigenvalue weighted by Crippen LogP contribution is -2.43. The Bertz CT molecular complexity index is 520. The van der Waals surface area contributed by atoms with Crippen molar-refractivity contribution in [2.75, 3.05) is 33.0 Å². The Kier molecular flexibility index (Phi) is 4.74. The number of nitrogens with two attached hydrogens (primary N) is 1. The van der Waals surface area contributed by atoms with Gasteiger partial charge in [0.25, 0.3) is 5.91 Å². The smallest absolute Gasteiger partial charge is 0.270 e. The maximum absolute atomic E-state index is 12.4. The van der Waals surface area contributed by atoms with Crippen molar-refractivity contribution in [2.24, 2.45) is 0 Å². The van der Waals surface area contributed by atoms with Crippen LogP contribution in [-0.2, 0) is 4.74 Å². The van der Waals surface area contributed by atoms with Crippen LogP contribution in [0.15, 0.2) is 6.07 Å². The average Bonchev–Trinajstić information content (AvgIpc) is 2.77. The summed E-state index contributed by atoms with van der Waals surface area (Å²) in [4.78, 5) is 22.7. The number of likely N-dealkylation sites (N-methyl/N-ethyl adjacent to an activating group) is 1.